The number of hydrogen-bond donors (Lipinski definition) is 2. The molecule has 1 aliphatic carbocycles. The highest BCUT2D eigenvalue weighted by Crippen LogP contribution is 2.55. The van der Waals surface area contributed by atoms with Crippen LogP contribution in [0.5, 0.6) is 0 Å². The first-order chi connectivity index (χ1) is 12.6. The van der Waals surface area contributed by atoms with E-state index in [4.69, 9.17) is 9.57 Å². The van der Waals surface area contributed by atoms with Crippen LogP contribution in [-0.4, -0.2) is 49.5 Å². The summed E-state index contributed by atoms with van der Waals surface area (Å²) in [4.78, 5) is 19.0. The minimum absolute atomic E-state index is 0.0425. The van der Waals surface area contributed by atoms with Crippen LogP contribution in [-0.2, 0) is 19.8 Å². The Hall–Kier alpha value is -1.73. The Bertz CT molecular complexity index is 794. The van der Waals surface area contributed by atoms with Crippen molar-refractivity contribution in [3.8, 4) is 0 Å². The van der Waals surface area contributed by atoms with Crippen molar-refractivity contribution < 1.29 is 19.5 Å². The van der Waals surface area contributed by atoms with Crippen LogP contribution in [0.3, 0.4) is 0 Å². The maximum Gasteiger partial charge on any atom is 0.264 e. The van der Waals surface area contributed by atoms with Crippen molar-refractivity contribution in [3.05, 3.63) is 41.5 Å². The molecule has 2 N–H and O–H groups in total. The highest BCUT2D eigenvalue weighted by Gasteiger charge is 2.66. The summed E-state index contributed by atoms with van der Waals surface area (Å²) in [5, 5.41) is 16.3. The van der Waals surface area contributed by atoms with Gasteiger partial charge in [0, 0.05) is 24.4 Å². The maximum absolute atomic E-state index is 13.6. The van der Waals surface area contributed by atoms with Crippen LogP contribution in [0.2, 0.25) is 0 Å². The number of amides is 1. The molecule has 0 aromatic heterocycles. The molecule has 1 saturated carbocycles. The molecular formula is C20H24N2O4. The molecule has 1 aromatic rings. The summed E-state index contributed by atoms with van der Waals surface area (Å²) in [5.41, 5.74) is 1.94. The third-order valence-electron chi connectivity index (χ3n) is 6.87. The highest BCUT2D eigenvalue weighted by atomic mass is 16.7. The molecule has 26 heavy (non-hydrogen) atoms. The first-order valence-corrected chi connectivity index (χ1v) is 9.29. The topological polar surface area (TPSA) is 71.0 Å². The second-order valence-corrected chi connectivity index (χ2v) is 7.76. The minimum Gasteiger partial charge on any atom is -0.390 e. The number of piperidine rings is 1. The van der Waals surface area contributed by atoms with Crippen molar-refractivity contribution in [1.29, 1.82) is 0 Å². The van der Waals surface area contributed by atoms with E-state index < -0.39 is 17.6 Å². The summed E-state index contributed by atoms with van der Waals surface area (Å²) >= 11 is 0. The zero-order valence-corrected chi connectivity index (χ0v) is 15.0. The van der Waals surface area contributed by atoms with Gasteiger partial charge < -0.3 is 15.2 Å². The standard InChI is InChI=1S/C20H24N2O4/c1-3-11-9-21-14-8-20(18-17(23)16(11)12(14)10-26-18)13-6-4-5-7-15(13)22(25-2)19(20)24/h3-7,12,14,16-18,21,23H,8-10H2,1-2H3/b11-3+/t12-,14+,16+,17+,18-,20+/m1/s1. The molecule has 6 atom stereocenters. The third-order valence-corrected chi connectivity index (χ3v) is 6.87. The van der Waals surface area contributed by atoms with Gasteiger partial charge in [-0.2, -0.15) is 5.06 Å². The normalized spacial score (nSPS) is 42.4. The van der Waals surface area contributed by atoms with E-state index in [1.807, 2.05) is 31.2 Å². The van der Waals surface area contributed by atoms with Gasteiger partial charge in [-0.1, -0.05) is 29.8 Å². The van der Waals surface area contributed by atoms with Crippen molar-refractivity contribution in [2.45, 2.75) is 37.0 Å². The van der Waals surface area contributed by atoms with E-state index in [0.717, 1.165) is 17.8 Å². The van der Waals surface area contributed by atoms with Crippen molar-refractivity contribution in [3.63, 3.8) is 0 Å². The van der Waals surface area contributed by atoms with E-state index in [2.05, 4.69) is 11.4 Å². The molecule has 4 bridgehead atoms. The quantitative estimate of drug-likeness (QED) is 0.739. The van der Waals surface area contributed by atoms with Crippen molar-refractivity contribution >= 4 is 11.6 Å². The lowest BCUT2D eigenvalue weighted by Crippen LogP contribution is -2.58. The number of allylic oxidation sites excluding steroid dienone is 1. The number of benzene rings is 1. The Balaban J connectivity index is 1.72. The largest absolute Gasteiger partial charge is 0.390 e. The summed E-state index contributed by atoms with van der Waals surface area (Å²) in [7, 11) is 1.51. The Kier molecular flexibility index (Phi) is 3.56. The lowest BCUT2D eigenvalue weighted by molar-refractivity contribution is -0.157. The summed E-state index contributed by atoms with van der Waals surface area (Å²) in [6, 6.07) is 7.83. The lowest BCUT2D eigenvalue weighted by atomic mass is 9.71. The maximum atomic E-state index is 13.6. The van der Waals surface area contributed by atoms with Crippen molar-refractivity contribution in [2.75, 3.05) is 25.3 Å². The van der Waals surface area contributed by atoms with Crippen LogP contribution in [0.1, 0.15) is 18.9 Å². The molecule has 138 valence electrons. The van der Waals surface area contributed by atoms with Crippen LogP contribution in [0.15, 0.2) is 35.9 Å². The number of para-hydroxylation sites is 1. The lowest BCUT2D eigenvalue weighted by Gasteiger charge is -2.45. The molecule has 0 unspecified atom stereocenters. The number of hydroxylamine groups is 1. The number of aliphatic hydroxyl groups excluding tert-OH is 1. The van der Waals surface area contributed by atoms with E-state index in [-0.39, 0.29) is 23.8 Å². The van der Waals surface area contributed by atoms with Crippen LogP contribution in [0.25, 0.3) is 0 Å². The molecule has 6 rings (SSSR count). The summed E-state index contributed by atoms with van der Waals surface area (Å²) in [5.74, 6) is 0.0837. The number of carbonyl (C=O) groups excluding carboxylic acids is 1. The molecule has 4 heterocycles. The number of fused-ring (bicyclic) bond motifs is 2. The Morgan fingerprint density at radius 2 is 2.23 bits per heavy atom. The first kappa shape index (κ1) is 16.4. The third kappa shape index (κ3) is 1.83. The van der Waals surface area contributed by atoms with Crippen LogP contribution in [0.4, 0.5) is 5.69 Å². The molecular weight excluding hydrogens is 332 g/mol. The van der Waals surface area contributed by atoms with Gasteiger partial charge >= 0.3 is 0 Å². The highest BCUT2D eigenvalue weighted by molar-refractivity contribution is 6.07. The molecule has 3 saturated heterocycles. The molecule has 5 aliphatic rings. The zero-order chi connectivity index (χ0) is 18.1. The average Bonchev–Trinajstić information content (AvgIpc) is 2.77. The smallest absolute Gasteiger partial charge is 0.264 e. The van der Waals surface area contributed by atoms with Crippen molar-refractivity contribution in [1.82, 2.24) is 5.32 Å². The second kappa shape index (κ2) is 5.63. The van der Waals surface area contributed by atoms with Gasteiger partial charge in [0.05, 0.1) is 25.5 Å². The number of anilines is 1. The van der Waals surface area contributed by atoms with Crippen LogP contribution >= 0.6 is 0 Å². The molecule has 4 aliphatic heterocycles. The van der Waals surface area contributed by atoms with E-state index >= 15 is 0 Å². The second-order valence-electron chi connectivity index (χ2n) is 7.76. The van der Waals surface area contributed by atoms with Gasteiger partial charge in [-0.3, -0.25) is 9.63 Å². The number of ether oxygens (including phenoxy) is 1. The number of nitrogens with one attached hydrogen (secondary N) is 1. The van der Waals surface area contributed by atoms with Gasteiger partial charge in [0.25, 0.3) is 5.91 Å². The molecule has 1 spiro atoms. The molecule has 6 nitrogen and oxygen atoms in total. The Morgan fingerprint density at radius 3 is 3.00 bits per heavy atom. The van der Waals surface area contributed by atoms with E-state index in [0.29, 0.717) is 13.0 Å². The van der Waals surface area contributed by atoms with E-state index in [9.17, 15) is 9.90 Å². The predicted molar refractivity (Wildman–Crippen MR) is 95.5 cm³/mol. The van der Waals surface area contributed by atoms with Gasteiger partial charge in [0.2, 0.25) is 0 Å². The predicted octanol–water partition coefficient (Wildman–Crippen LogP) is 1.15. The fourth-order valence-corrected chi connectivity index (χ4v) is 5.74. The molecule has 1 amide bonds. The fraction of sp³-hybridized carbons (Fsp3) is 0.550. The SMILES string of the molecule is C/C=C1\CN[C@H]2C[C@@]3(C(=O)N(OC)c4ccccc43)[C@@H]3OC[C@H]2[C@H]1[C@@H]3O. The molecule has 0 radical (unpaired) electrons. The Labute approximate surface area is 152 Å². The minimum atomic E-state index is -0.920. The van der Waals surface area contributed by atoms with Gasteiger partial charge in [0.15, 0.2) is 0 Å². The zero-order valence-electron chi connectivity index (χ0n) is 15.0. The monoisotopic (exact) mass is 356 g/mol. The number of hydrogen-bond acceptors (Lipinski definition) is 5. The van der Waals surface area contributed by atoms with E-state index in [1.165, 1.54) is 17.7 Å². The summed E-state index contributed by atoms with van der Waals surface area (Å²) in [6.07, 6.45) is 1.43. The van der Waals surface area contributed by atoms with Gasteiger partial charge in [-0.05, 0) is 25.0 Å². The fourth-order valence-electron chi connectivity index (χ4n) is 5.74. The van der Waals surface area contributed by atoms with Gasteiger partial charge in [-0.15, -0.1) is 0 Å². The molecule has 4 fully saturated rings. The molecule has 6 heteroatoms. The number of rotatable bonds is 1. The van der Waals surface area contributed by atoms with Gasteiger partial charge in [-0.25, -0.2) is 0 Å². The van der Waals surface area contributed by atoms with Gasteiger partial charge in [0.1, 0.15) is 11.5 Å². The average molecular weight is 356 g/mol. The van der Waals surface area contributed by atoms with Crippen LogP contribution in [0, 0.1) is 11.8 Å². The van der Waals surface area contributed by atoms with Crippen LogP contribution < -0.4 is 10.4 Å². The van der Waals surface area contributed by atoms with Crippen molar-refractivity contribution in [2.24, 2.45) is 11.8 Å². The van der Waals surface area contributed by atoms with E-state index in [1.54, 1.807) is 0 Å². The number of carbonyl (C=O) groups is 1. The number of nitrogens with zero attached hydrogens (tertiary/aromatic N) is 1. The summed E-state index contributed by atoms with van der Waals surface area (Å²) < 4.78 is 6.18. The molecule has 1 aromatic carbocycles. The Morgan fingerprint density at radius 1 is 1.42 bits per heavy atom. The summed E-state index contributed by atoms with van der Waals surface area (Å²) in [6.45, 7) is 3.33. The first-order valence-electron chi connectivity index (χ1n) is 9.29. The number of aliphatic hydroxyl groups is 1.